The van der Waals surface area contributed by atoms with Gasteiger partial charge in [0.25, 0.3) is 5.56 Å². The van der Waals surface area contributed by atoms with Crippen LogP contribution in [0, 0.1) is 6.92 Å². The number of nitrogens with one attached hydrogen (secondary N) is 2. The zero-order valence-corrected chi connectivity index (χ0v) is 19.3. The Bertz CT molecular complexity index is 1570. The van der Waals surface area contributed by atoms with E-state index in [1.165, 1.54) is 0 Å². The molecule has 0 bridgehead atoms. The fourth-order valence-corrected chi connectivity index (χ4v) is 3.64. The zero-order valence-electron chi connectivity index (χ0n) is 19.3. The van der Waals surface area contributed by atoms with E-state index in [9.17, 15) is 4.79 Å². The second-order valence-electron chi connectivity index (χ2n) is 7.62. The lowest BCUT2D eigenvalue weighted by atomic mass is 10.1. The lowest BCUT2D eigenvalue weighted by molar-refractivity contribution is 0.298. The maximum Gasteiger partial charge on any atom is 0.260 e. The van der Waals surface area contributed by atoms with Crippen molar-refractivity contribution in [2.24, 2.45) is 0 Å². The molecule has 12 heteroatoms. The highest BCUT2D eigenvalue weighted by molar-refractivity contribution is 5.86. The maximum atomic E-state index is 12.8. The van der Waals surface area contributed by atoms with Crippen LogP contribution in [0.15, 0.2) is 47.8 Å². The van der Waals surface area contributed by atoms with Crippen LogP contribution in [0.3, 0.4) is 0 Å². The molecule has 0 aliphatic carbocycles. The van der Waals surface area contributed by atoms with Crippen LogP contribution in [-0.2, 0) is 6.54 Å². The van der Waals surface area contributed by atoms with Crippen molar-refractivity contribution < 1.29 is 14.2 Å². The van der Waals surface area contributed by atoms with E-state index in [-0.39, 0.29) is 11.5 Å². The first-order valence-corrected chi connectivity index (χ1v) is 10.7. The Hall–Kier alpha value is -4.74. The lowest BCUT2D eigenvalue weighted by Gasteiger charge is -2.12. The Morgan fingerprint density at radius 2 is 1.71 bits per heavy atom. The molecule has 12 nitrogen and oxygen atoms in total. The number of methoxy groups -OCH3 is 2. The van der Waals surface area contributed by atoms with Gasteiger partial charge < -0.3 is 18.8 Å². The number of aryl methyl sites for hydroxylation is 1. The summed E-state index contributed by atoms with van der Waals surface area (Å²) in [4.78, 5) is 29.0. The third-order valence-corrected chi connectivity index (χ3v) is 5.38. The van der Waals surface area contributed by atoms with Gasteiger partial charge in [-0.1, -0.05) is 0 Å². The van der Waals surface area contributed by atoms with Crippen molar-refractivity contribution in [1.29, 1.82) is 0 Å². The summed E-state index contributed by atoms with van der Waals surface area (Å²) < 4.78 is 18.3. The highest BCUT2D eigenvalue weighted by Gasteiger charge is 2.13. The van der Waals surface area contributed by atoms with Crippen LogP contribution in [0.5, 0.6) is 17.2 Å². The van der Waals surface area contributed by atoms with E-state index in [4.69, 9.17) is 14.2 Å². The van der Waals surface area contributed by atoms with Crippen LogP contribution < -0.4 is 25.1 Å². The Morgan fingerprint density at radius 1 is 0.943 bits per heavy atom. The van der Waals surface area contributed by atoms with Gasteiger partial charge in [-0.15, -0.1) is 10.2 Å². The predicted molar refractivity (Wildman–Crippen MR) is 129 cm³/mol. The molecule has 3 heterocycles. The Kier molecular flexibility index (Phi) is 5.83. The van der Waals surface area contributed by atoms with Gasteiger partial charge in [0.2, 0.25) is 11.9 Å². The van der Waals surface area contributed by atoms with Crippen molar-refractivity contribution in [2.75, 3.05) is 26.1 Å². The molecule has 0 saturated carbocycles. The summed E-state index contributed by atoms with van der Waals surface area (Å²) in [6.07, 6.45) is 3.22. The number of anilines is 2. The first kappa shape index (κ1) is 22.1. The van der Waals surface area contributed by atoms with Gasteiger partial charge in [-0.25, -0.2) is 15.0 Å². The normalized spacial score (nSPS) is 11.1. The van der Waals surface area contributed by atoms with Crippen molar-refractivity contribution in [3.05, 3.63) is 59.0 Å². The van der Waals surface area contributed by atoms with Crippen LogP contribution in [0.2, 0.25) is 0 Å². The topological polar surface area (TPSA) is 142 Å². The van der Waals surface area contributed by atoms with Crippen LogP contribution in [-0.4, -0.2) is 55.5 Å². The van der Waals surface area contributed by atoms with Crippen molar-refractivity contribution in [3.8, 4) is 17.2 Å². The summed E-state index contributed by atoms with van der Waals surface area (Å²) in [5.41, 5.74) is 1.58. The molecular weight excluding hydrogens is 452 g/mol. The monoisotopic (exact) mass is 474 g/mol. The molecule has 0 atom stereocenters. The van der Waals surface area contributed by atoms with E-state index in [0.717, 1.165) is 11.1 Å². The van der Waals surface area contributed by atoms with Gasteiger partial charge in [0.05, 0.1) is 42.9 Å². The summed E-state index contributed by atoms with van der Waals surface area (Å²) in [5.74, 6) is 2.23. The molecule has 0 fully saturated rings. The molecular formula is C23H22N8O4. The van der Waals surface area contributed by atoms with Crippen LogP contribution in [0.25, 0.3) is 21.8 Å². The molecule has 3 aromatic heterocycles. The van der Waals surface area contributed by atoms with Crippen LogP contribution in [0.1, 0.15) is 5.69 Å². The van der Waals surface area contributed by atoms with Gasteiger partial charge in [-0.3, -0.25) is 15.1 Å². The van der Waals surface area contributed by atoms with Crippen molar-refractivity contribution in [2.45, 2.75) is 13.5 Å². The number of aromatic nitrogens is 7. The molecule has 0 unspecified atom stereocenters. The molecule has 0 amide bonds. The molecule has 5 rings (SSSR count). The third kappa shape index (κ3) is 4.53. The molecule has 2 aromatic carbocycles. The van der Waals surface area contributed by atoms with Gasteiger partial charge in [-0.05, 0) is 31.2 Å². The molecule has 0 aliphatic rings. The molecule has 35 heavy (non-hydrogen) atoms. The van der Waals surface area contributed by atoms with Crippen molar-refractivity contribution in [3.63, 3.8) is 0 Å². The number of fused-ring (bicyclic) bond motifs is 2. The summed E-state index contributed by atoms with van der Waals surface area (Å²) in [7, 11) is 3.14. The Labute approximate surface area is 198 Å². The number of benzene rings is 2. The number of ether oxygens (including phenoxy) is 3. The predicted octanol–water partition coefficient (Wildman–Crippen LogP) is 2.61. The molecule has 5 aromatic rings. The van der Waals surface area contributed by atoms with Crippen LogP contribution in [0.4, 0.5) is 11.9 Å². The number of rotatable bonds is 8. The first-order valence-electron chi connectivity index (χ1n) is 10.7. The average molecular weight is 474 g/mol. The number of H-pyrrole nitrogens is 1. The summed E-state index contributed by atoms with van der Waals surface area (Å²) >= 11 is 0. The molecule has 2 N–H and O–H groups in total. The summed E-state index contributed by atoms with van der Waals surface area (Å²) in [6.45, 7) is 2.86. The van der Waals surface area contributed by atoms with Gasteiger partial charge in [0.1, 0.15) is 25.0 Å². The molecule has 178 valence electrons. The summed E-state index contributed by atoms with van der Waals surface area (Å²) in [5, 5.41) is 11.7. The second-order valence-corrected chi connectivity index (χ2v) is 7.62. The highest BCUT2D eigenvalue weighted by atomic mass is 16.5. The van der Waals surface area contributed by atoms with E-state index < -0.39 is 0 Å². The van der Waals surface area contributed by atoms with Gasteiger partial charge in [-0.2, -0.15) is 0 Å². The second kappa shape index (κ2) is 9.25. The fraction of sp³-hybridized carbons (Fsp3) is 0.217. The molecule has 0 radical (unpaired) electrons. The minimum atomic E-state index is -0.314. The Balaban J connectivity index is 1.39. The van der Waals surface area contributed by atoms with Gasteiger partial charge in [0, 0.05) is 11.5 Å². The van der Waals surface area contributed by atoms with E-state index in [1.54, 1.807) is 55.7 Å². The SMILES string of the molecule is COc1cc2nc(Nc3nc4ccc(OCCn5cnnc5)cc4c(=O)[nH]3)nc(C)c2cc1OC. The smallest absolute Gasteiger partial charge is 0.260 e. The van der Waals surface area contributed by atoms with Crippen molar-refractivity contribution >= 4 is 33.7 Å². The van der Waals surface area contributed by atoms with Crippen molar-refractivity contribution in [1.82, 2.24) is 34.7 Å². The minimum Gasteiger partial charge on any atom is -0.493 e. The molecule has 0 aliphatic heterocycles. The quantitative estimate of drug-likeness (QED) is 0.344. The number of hydrogen-bond acceptors (Lipinski definition) is 10. The lowest BCUT2D eigenvalue weighted by Crippen LogP contribution is -2.13. The minimum absolute atomic E-state index is 0.225. The average Bonchev–Trinajstić information content (AvgIpc) is 3.37. The van der Waals surface area contributed by atoms with E-state index in [2.05, 4.69) is 35.5 Å². The van der Waals surface area contributed by atoms with E-state index in [1.807, 2.05) is 13.0 Å². The van der Waals surface area contributed by atoms with Gasteiger partial charge >= 0.3 is 0 Å². The molecule has 0 saturated heterocycles. The maximum absolute atomic E-state index is 12.8. The fourth-order valence-electron chi connectivity index (χ4n) is 3.64. The zero-order chi connectivity index (χ0) is 24.4. The third-order valence-electron chi connectivity index (χ3n) is 5.38. The summed E-state index contributed by atoms with van der Waals surface area (Å²) in [6, 6.07) is 8.76. The number of hydrogen-bond donors (Lipinski definition) is 2. The number of nitrogens with zero attached hydrogens (tertiary/aromatic N) is 6. The number of aromatic amines is 1. The standard InChI is InChI=1S/C23H22N8O4/c1-13-15-9-19(33-2)20(34-3)10-18(15)28-22(26-13)30-23-27-17-5-4-14(8-16(17)21(32)29-23)35-7-6-31-11-24-25-12-31/h4-5,8-12H,6-7H2,1-3H3,(H2,26,27,28,29,30,32). The Morgan fingerprint density at radius 3 is 2.49 bits per heavy atom. The van der Waals surface area contributed by atoms with Gasteiger partial charge in [0.15, 0.2) is 11.5 Å². The van der Waals surface area contributed by atoms with E-state index >= 15 is 0 Å². The highest BCUT2D eigenvalue weighted by Crippen LogP contribution is 2.33. The largest absolute Gasteiger partial charge is 0.493 e. The molecule has 0 spiro atoms. The van der Waals surface area contributed by atoms with E-state index in [0.29, 0.717) is 52.8 Å². The van der Waals surface area contributed by atoms with Crippen LogP contribution >= 0.6 is 0 Å². The first-order chi connectivity index (χ1) is 17.0.